The van der Waals surface area contributed by atoms with Crippen LogP contribution in [0.1, 0.15) is 5.82 Å². The number of halogens is 2. The summed E-state index contributed by atoms with van der Waals surface area (Å²) in [4.78, 5) is 24.7. The van der Waals surface area contributed by atoms with Crippen LogP contribution in [0.25, 0.3) is 11.0 Å². The van der Waals surface area contributed by atoms with Crippen LogP contribution in [0, 0.1) is 11.2 Å². The molecule has 2 aliphatic rings. The fourth-order valence-electron chi connectivity index (χ4n) is 4.55. The highest BCUT2D eigenvalue weighted by atomic mass is 35.5. The number of H-pyrrole nitrogens is 1. The Morgan fingerprint density at radius 1 is 1.17 bits per heavy atom. The topological polar surface area (TPSA) is 64.3 Å². The average Bonchev–Trinajstić information content (AvgIpc) is 2.99. The summed E-state index contributed by atoms with van der Waals surface area (Å²) < 4.78 is 13.4. The zero-order valence-corrected chi connectivity index (χ0v) is 16.5. The number of rotatable bonds is 5. The summed E-state index contributed by atoms with van der Waals surface area (Å²) in [5.74, 6) is 0.375. The molecule has 0 aliphatic carbocycles. The lowest BCUT2D eigenvalue weighted by atomic mass is 9.73. The first-order valence-corrected chi connectivity index (χ1v) is 9.99. The van der Waals surface area contributed by atoms with Gasteiger partial charge in [-0.3, -0.25) is 14.6 Å². The molecule has 3 aromatic rings. The van der Waals surface area contributed by atoms with Crippen LogP contribution < -0.4 is 5.32 Å². The van der Waals surface area contributed by atoms with E-state index in [4.69, 9.17) is 11.6 Å². The van der Waals surface area contributed by atoms with E-state index in [-0.39, 0.29) is 16.3 Å². The Hall–Kier alpha value is -2.48. The molecule has 2 saturated heterocycles. The van der Waals surface area contributed by atoms with E-state index in [1.165, 1.54) is 12.1 Å². The number of amides is 1. The zero-order chi connectivity index (χ0) is 20.0. The van der Waals surface area contributed by atoms with Crippen LogP contribution in [0.3, 0.4) is 0 Å². The first-order valence-electron chi connectivity index (χ1n) is 9.61. The van der Waals surface area contributed by atoms with Gasteiger partial charge in [0.25, 0.3) is 0 Å². The predicted octanol–water partition coefficient (Wildman–Crippen LogP) is 3.11. The van der Waals surface area contributed by atoms with Crippen molar-refractivity contribution in [3.8, 4) is 0 Å². The van der Waals surface area contributed by atoms with Crippen molar-refractivity contribution in [3.05, 3.63) is 59.1 Å². The molecule has 2 N–H and O–H groups in total. The maximum Gasteiger partial charge on any atom is 0.238 e. The largest absolute Gasteiger partial charge is 0.341 e. The molecule has 2 fully saturated rings. The fraction of sp³-hybridized carbons (Fsp3) is 0.333. The molecule has 0 atom stereocenters. The van der Waals surface area contributed by atoms with E-state index in [9.17, 15) is 9.18 Å². The zero-order valence-electron chi connectivity index (χ0n) is 15.8. The Morgan fingerprint density at radius 3 is 2.69 bits per heavy atom. The number of nitrogens with one attached hydrogen (secondary N) is 2. The average molecular weight is 414 g/mol. The summed E-state index contributed by atoms with van der Waals surface area (Å²) in [5, 5.41) is 2.98. The lowest BCUT2D eigenvalue weighted by Crippen LogP contribution is -2.72. The van der Waals surface area contributed by atoms with Crippen LogP contribution in [0.5, 0.6) is 0 Å². The molecule has 6 nitrogen and oxygen atoms in total. The van der Waals surface area contributed by atoms with Crippen molar-refractivity contribution in [2.45, 2.75) is 6.54 Å². The van der Waals surface area contributed by atoms with Crippen molar-refractivity contribution in [1.29, 1.82) is 0 Å². The van der Waals surface area contributed by atoms with Crippen LogP contribution in [0.2, 0.25) is 5.02 Å². The number of para-hydroxylation sites is 2. The Labute approximate surface area is 172 Å². The third-order valence-corrected chi connectivity index (χ3v) is 5.78. The van der Waals surface area contributed by atoms with Gasteiger partial charge in [0, 0.05) is 42.3 Å². The predicted molar refractivity (Wildman–Crippen MR) is 110 cm³/mol. The summed E-state index contributed by atoms with van der Waals surface area (Å²) in [5.41, 5.74) is 2.74. The summed E-state index contributed by atoms with van der Waals surface area (Å²) in [7, 11) is 0. The molecule has 0 unspecified atom stereocenters. The molecule has 2 aromatic carbocycles. The number of imidazole rings is 1. The number of hydrogen-bond acceptors (Lipinski definition) is 4. The number of likely N-dealkylation sites (tertiary alicyclic amines) is 2. The van der Waals surface area contributed by atoms with Gasteiger partial charge >= 0.3 is 0 Å². The third kappa shape index (κ3) is 3.85. The van der Waals surface area contributed by atoms with E-state index in [1.54, 1.807) is 6.07 Å². The van der Waals surface area contributed by atoms with Crippen molar-refractivity contribution >= 4 is 34.2 Å². The van der Waals surface area contributed by atoms with E-state index >= 15 is 0 Å². The molecule has 2 aliphatic heterocycles. The Morgan fingerprint density at radius 2 is 1.93 bits per heavy atom. The second-order valence-electron chi connectivity index (χ2n) is 8.20. The number of carbonyl (C=O) groups is 1. The Balaban J connectivity index is 1.08. The summed E-state index contributed by atoms with van der Waals surface area (Å²) in [6.45, 7) is 4.96. The van der Waals surface area contributed by atoms with Crippen molar-refractivity contribution < 1.29 is 9.18 Å². The molecule has 1 amide bonds. The van der Waals surface area contributed by atoms with Gasteiger partial charge in [-0.05, 0) is 30.3 Å². The standard InChI is InChI=1S/C21H21ClFN5O/c22-14-5-15(23)7-16(6-14)24-20(29)9-28-12-21(13-28)10-27(11-21)8-19-25-17-3-1-2-4-18(17)26-19/h1-7H,8-13H2,(H,24,29)(H,25,26). The SMILES string of the molecule is O=C(CN1CC2(C1)CN(Cc1nc3ccccc3[nH]1)C2)Nc1cc(F)cc(Cl)c1. The molecule has 1 spiro atoms. The number of fused-ring (bicyclic) bond motifs is 1. The number of benzene rings is 2. The van der Waals surface area contributed by atoms with Crippen LogP contribution >= 0.6 is 11.6 Å². The highest BCUT2D eigenvalue weighted by molar-refractivity contribution is 6.30. The van der Waals surface area contributed by atoms with Gasteiger partial charge < -0.3 is 10.3 Å². The van der Waals surface area contributed by atoms with Crippen LogP contribution in [-0.4, -0.2) is 58.4 Å². The van der Waals surface area contributed by atoms with Crippen LogP contribution in [0.15, 0.2) is 42.5 Å². The maximum atomic E-state index is 13.4. The second-order valence-corrected chi connectivity index (χ2v) is 8.63. The molecule has 0 saturated carbocycles. The molecule has 5 rings (SSSR count). The lowest BCUT2D eigenvalue weighted by Gasteiger charge is -2.60. The number of anilines is 1. The molecule has 3 heterocycles. The van der Waals surface area contributed by atoms with E-state index < -0.39 is 5.82 Å². The molecular weight excluding hydrogens is 393 g/mol. The second kappa shape index (κ2) is 7.09. The summed E-state index contributed by atoms with van der Waals surface area (Å²) >= 11 is 5.82. The third-order valence-electron chi connectivity index (χ3n) is 5.56. The van der Waals surface area contributed by atoms with Gasteiger partial charge in [-0.25, -0.2) is 9.37 Å². The van der Waals surface area contributed by atoms with Gasteiger partial charge in [0.1, 0.15) is 11.6 Å². The van der Waals surface area contributed by atoms with Crippen molar-refractivity contribution in [2.24, 2.45) is 5.41 Å². The molecular formula is C21H21ClFN5O. The highest BCUT2D eigenvalue weighted by Gasteiger charge is 2.51. The molecule has 0 bridgehead atoms. The first-order chi connectivity index (χ1) is 14.0. The summed E-state index contributed by atoms with van der Waals surface area (Å²) in [6.07, 6.45) is 0. The fourth-order valence-corrected chi connectivity index (χ4v) is 4.77. The molecule has 0 radical (unpaired) electrons. The van der Waals surface area contributed by atoms with E-state index in [0.717, 1.165) is 49.6 Å². The van der Waals surface area contributed by atoms with Gasteiger partial charge in [0.2, 0.25) is 5.91 Å². The van der Waals surface area contributed by atoms with Gasteiger partial charge in [-0.15, -0.1) is 0 Å². The minimum atomic E-state index is -0.463. The Kier molecular flexibility index (Phi) is 4.53. The minimum Gasteiger partial charge on any atom is -0.341 e. The van der Waals surface area contributed by atoms with Gasteiger partial charge in [0.15, 0.2) is 0 Å². The molecule has 8 heteroatoms. The van der Waals surface area contributed by atoms with Crippen molar-refractivity contribution in [2.75, 3.05) is 38.0 Å². The number of carbonyl (C=O) groups excluding carboxylic acids is 1. The lowest BCUT2D eigenvalue weighted by molar-refractivity contribution is -0.134. The van der Waals surface area contributed by atoms with Crippen LogP contribution in [0.4, 0.5) is 10.1 Å². The van der Waals surface area contributed by atoms with Gasteiger partial charge in [-0.2, -0.15) is 0 Å². The van der Waals surface area contributed by atoms with E-state index in [1.807, 2.05) is 24.3 Å². The van der Waals surface area contributed by atoms with E-state index in [2.05, 4.69) is 25.1 Å². The maximum absolute atomic E-state index is 13.4. The van der Waals surface area contributed by atoms with Crippen molar-refractivity contribution in [3.63, 3.8) is 0 Å². The van der Waals surface area contributed by atoms with Crippen LogP contribution in [-0.2, 0) is 11.3 Å². The van der Waals surface area contributed by atoms with Gasteiger partial charge in [0.05, 0.1) is 24.1 Å². The van der Waals surface area contributed by atoms with E-state index in [0.29, 0.717) is 12.2 Å². The smallest absolute Gasteiger partial charge is 0.238 e. The Bertz CT molecular complexity index is 1020. The van der Waals surface area contributed by atoms with Gasteiger partial charge in [-0.1, -0.05) is 23.7 Å². The number of nitrogens with zero attached hydrogens (tertiary/aromatic N) is 3. The quantitative estimate of drug-likeness (QED) is 0.674. The van der Waals surface area contributed by atoms with Crippen molar-refractivity contribution in [1.82, 2.24) is 19.8 Å². The molecule has 150 valence electrons. The molecule has 1 aromatic heterocycles. The monoisotopic (exact) mass is 413 g/mol. The minimum absolute atomic E-state index is 0.153. The number of hydrogen-bond donors (Lipinski definition) is 2. The normalized spacial score (nSPS) is 18.6. The number of aromatic nitrogens is 2. The number of aromatic amines is 1. The molecule has 29 heavy (non-hydrogen) atoms. The summed E-state index contributed by atoms with van der Waals surface area (Å²) in [6, 6.07) is 12.1. The highest BCUT2D eigenvalue weighted by Crippen LogP contribution is 2.40. The first kappa shape index (κ1) is 18.5.